The van der Waals surface area contributed by atoms with Gasteiger partial charge in [-0.05, 0) is 40.9 Å². The topological polar surface area (TPSA) is 54.5 Å². The minimum absolute atomic E-state index is 0.585. The molecule has 0 bridgehead atoms. The molecule has 5 heteroatoms. The van der Waals surface area contributed by atoms with Crippen LogP contribution < -0.4 is 0 Å². The van der Waals surface area contributed by atoms with Crippen LogP contribution in [0.4, 0.5) is 0 Å². The molecule has 0 amide bonds. The van der Waals surface area contributed by atoms with Crippen molar-refractivity contribution in [2.45, 2.75) is 18.8 Å². The average Bonchev–Trinajstić information content (AvgIpc) is 3.16. The molecule has 3 aromatic rings. The molecule has 2 heterocycles. The normalized spacial score (nSPS) is 15.0. The van der Waals surface area contributed by atoms with E-state index in [4.69, 9.17) is 4.98 Å². The van der Waals surface area contributed by atoms with Crippen LogP contribution in [-0.4, -0.2) is 20.2 Å². The Bertz CT molecular complexity index is 761. The minimum Gasteiger partial charge on any atom is -0.285 e. The van der Waals surface area contributed by atoms with Gasteiger partial charge in [-0.25, -0.2) is 9.97 Å². The second-order valence-electron chi connectivity index (χ2n) is 4.81. The summed E-state index contributed by atoms with van der Waals surface area (Å²) in [4.78, 5) is 9.28. The summed E-state index contributed by atoms with van der Waals surface area (Å²) in [5.41, 5.74) is 4.85. The number of nitrogens with zero attached hydrogens (tertiary/aromatic N) is 3. The van der Waals surface area contributed by atoms with Crippen molar-refractivity contribution >= 4 is 27.0 Å². The molecule has 0 spiro atoms. The molecule has 1 aromatic carbocycles. The highest BCUT2D eigenvalue weighted by atomic mass is 79.9. The number of halogens is 1. The van der Waals surface area contributed by atoms with Gasteiger partial charge in [-0.15, -0.1) is 0 Å². The lowest BCUT2D eigenvalue weighted by molar-refractivity contribution is 0.965. The molecular formula is C14H11BrN4. The van der Waals surface area contributed by atoms with Crippen LogP contribution in [0.2, 0.25) is 0 Å². The molecule has 2 aromatic heterocycles. The van der Waals surface area contributed by atoms with E-state index in [0.717, 1.165) is 32.6 Å². The highest BCUT2D eigenvalue weighted by molar-refractivity contribution is 9.10. The zero-order valence-electron chi connectivity index (χ0n) is 10.1. The number of benzene rings is 1. The predicted molar refractivity (Wildman–Crippen MR) is 76.8 cm³/mol. The molecule has 1 aliphatic rings. The molecule has 0 radical (unpaired) electrons. The Hall–Kier alpha value is -1.75. The van der Waals surface area contributed by atoms with Crippen molar-refractivity contribution in [1.82, 2.24) is 20.2 Å². The van der Waals surface area contributed by atoms with Gasteiger partial charge in [0.2, 0.25) is 0 Å². The number of rotatable bonds is 2. The van der Waals surface area contributed by atoms with Gasteiger partial charge in [0.15, 0.2) is 0 Å². The maximum atomic E-state index is 4.72. The third-order valence-corrected chi connectivity index (χ3v) is 3.97. The Balaban J connectivity index is 1.94. The van der Waals surface area contributed by atoms with Gasteiger partial charge >= 0.3 is 0 Å². The van der Waals surface area contributed by atoms with Crippen molar-refractivity contribution in [1.29, 1.82) is 0 Å². The van der Waals surface area contributed by atoms with Crippen molar-refractivity contribution in [3.63, 3.8) is 0 Å². The number of aromatic amines is 1. The van der Waals surface area contributed by atoms with E-state index in [2.05, 4.69) is 31.1 Å². The molecule has 4 rings (SSSR count). The van der Waals surface area contributed by atoms with Crippen LogP contribution in [-0.2, 0) is 0 Å². The molecule has 19 heavy (non-hydrogen) atoms. The number of fused-ring (bicyclic) bond motifs is 1. The van der Waals surface area contributed by atoms with Crippen LogP contribution in [0.3, 0.4) is 0 Å². The van der Waals surface area contributed by atoms with Crippen molar-refractivity contribution in [2.75, 3.05) is 0 Å². The molecule has 1 saturated carbocycles. The van der Waals surface area contributed by atoms with E-state index in [0.29, 0.717) is 5.92 Å². The number of aromatic nitrogens is 4. The summed E-state index contributed by atoms with van der Waals surface area (Å²) in [7, 11) is 0. The van der Waals surface area contributed by atoms with E-state index >= 15 is 0 Å². The molecular weight excluding hydrogens is 304 g/mol. The van der Waals surface area contributed by atoms with E-state index in [1.807, 2.05) is 30.5 Å². The minimum atomic E-state index is 0.585. The average molecular weight is 315 g/mol. The maximum absolute atomic E-state index is 4.72. The van der Waals surface area contributed by atoms with Crippen LogP contribution in [0.15, 0.2) is 35.1 Å². The maximum Gasteiger partial charge on any atom is 0.133 e. The Kier molecular flexibility index (Phi) is 2.41. The number of hydrogen-bond donors (Lipinski definition) is 1. The third kappa shape index (κ3) is 1.85. The van der Waals surface area contributed by atoms with Crippen molar-refractivity contribution in [2.24, 2.45) is 0 Å². The van der Waals surface area contributed by atoms with E-state index in [1.165, 1.54) is 12.8 Å². The van der Waals surface area contributed by atoms with Gasteiger partial charge in [-0.2, -0.15) is 5.10 Å². The third-order valence-electron chi connectivity index (χ3n) is 3.42. The van der Waals surface area contributed by atoms with Gasteiger partial charge < -0.3 is 0 Å². The Labute approximate surface area is 118 Å². The zero-order valence-corrected chi connectivity index (χ0v) is 11.7. The van der Waals surface area contributed by atoms with Crippen LogP contribution in [0.25, 0.3) is 22.3 Å². The Morgan fingerprint density at radius 3 is 2.58 bits per heavy atom. The highest BCUT2D eigenvalue weighted by Crippen LogP contribution is 2.43. The van der Waals surface area contributed by atoms with Gasteiger partial charge in [-0.1, -0.05) is 12.1 Å². The second kappa shape index (κ2) is 4.13. The summed E-state index contributed by atoms with van der Waals surface area (Å²) in [5, 5.41) is 7.32. The smallest absolute Gasteiger partial charge is 0.133 e. The number of H-pyrrole nitrogens is 1. The molecule has 94 valence electrons. The fraction of sp³-hybridized carbons (Fsp3) is 0.214. The fourth-order valence-electron chi connectivity index (χ4n) is 2.31. The Morgan fingerprint density at radius 1 is 1.11 bits per heavy atom. The second-order valence-corrected chi connectivity index (χ2v) is 5.56. The fourth-order valence-corrected chi connectivity index (χ4v) is 2.80. The van der Waals surface area contributed by atoms with Gasteiger partial charge in [0, 0.05) is 17.7 Å². The summed E-state index contributed by atoms with van der Waals surface area (Å²) in [6.45, 7) is 0. The lowest BCUT2D eigenvalue weighted by Gasteiger charge is -2.05. The summed E-state index contributed by atoms with van der Waals surface area (Å²) in [5.74, 6) is 0.585. The molecule has 0 unspecified atom stereocenters. The standard InChI is InChI=1S/C14H11BrN4/c15-14-13(9-7-16-19-12(9)8-5-6-8)17-10-3-1-2-4-11(10)18-14/h1-4,7-8H,5-6H2,(H,16,19). The lowest BCUT2D eigenvalue weighted by atomic mass is 10.1. The molecule has 0 aliphatic heterocycles. The van der Waals surface area contributed by atoms with Crippen LogP contribution in [0.1, 0.15) is 24.5 Å². The van der Waals surface area contributed by atoms with E-state index in [9.17, 15) is 0 Å². The van der Waals surface area contributed by atoms with Gasteiger partial charge in [-0.3, -0.25) is 5.10 Å². The zero-order chi connectivity index (χ0) is 12.8. The summed E-state index contributed by atoms with van der Waals surface area (Å²) in [6, 6.07) is 7.89. The molecule has 1 fully saturated rings. The highest BCUT2D eigenvalue weighted by Gasteiger charge is 2.30. The van der Waals surface area contributed by atoms with Crippen molar-refractivity contribution in [3.05, 3.63) is 40.8 Å². The first-order valence-electron chi connectivity index (χ1n) is 6.29. The van der Waals surface area contributed by atoms with Crippen LogP contribution in [0.5, 0.6) is 0 Å². The molecule has 0 atom stereocenters. The lowest BCUT2D eigenvalue weighted by Crippen LogP contribution is -1.93. The number of nitrogens with one attached hydrogen (secondary N) is 1. The first kappa shape index (κ1) is 11.1. The summed E-state index contributed by atoms with van der Waals surface area (Å²) in [6.07, 6.45) is 4.35. The van der Waals surface area contributed by atoms with Gasteiger partial charge in [0.05, 0.1) is 16.7 Å². The molecule has 1 aliphatic carbocycles. The summed E-state index contributed by atoms with van der Waals surface area (Å²) < 4.78 is 0.773. The van der Waals surface area contributed by atoms with Gasteiger partial charge in [0.1, 0.15) is 10.3 Å². The van der Waals surface area contributed by atoms with E-state index in [1.54, 1.807) is 0 Å². The van der Waals surface area contributed by atoms with Crippen molar-refractivity contribution in [3.8, 4) is 11.3 Å². The van der Waals surface area contributed by atoms with E-state index in [-0.39, 0.29) is 0 Å². The first-order valence-corrected chi connectivity index (χ1v) is 7.08. The monoisotopic (exact) mass is 314 g/mol. The molecule has 4 nitrogen and oxygen atoms in total. The van der Waals surface area contributed by atoms with E-state index < -0.39 is 0 Å². The number of hydrogen-bond acceptors (Lipinski definition) is 3. The quantitative estimate of drug-likeness (QED) is 0.785. The predicted octanol–water partition coefficient (Wildman–Crippen LogP) is 3.66. The Morgan fingerprint density at radius 2 is 1.84 bits per heavy atom. The van der Waals surface area contributed by atoms with Crippen LogP contribution in [0, 0.1) is 0 Å². The number of para-hydroxylation sites is 2. The molecule has 1 N–H and O–H groups in total. The molecule has 0 saturated heterocycles. The van der Waals surface area contributed by atoms with Crippen LogP contribution >= 0.6 is 15.9 Å². The SMILES string of the molecule is Brc1nc2ccccc2nc1-c1c[nH]nc1C1CC1. The summed E-state index contributed by atoms with van der Waals surface area (Å²) >= 11 is 3.53. The largest absolute Gasteiger partial charge is 0.285 e. The van der Waals surface area contributed by atoms with Crippen molar-refractivity contribution < 1.29 is 0 Å². The first-order chi connectivity index (χ1) is 9.33. The van der Waals surface area contributed by atoms with Gasteiger partial charge in [0.25, 0.3) is 0 Å².